The first-order valence-electron chi connectivity index (χ1n) is 6.37. The molecule has 2 heteroatoms. The molecule has 0 heterocycles. The topological polar surface area (TPSA) is 29.3 Å². The molecule has 0 aromatic rings. The van der Waals surface area contributed by atoms with Crippen molar-refractivity contribution < 1.29 is 0 Å². The average molecular weight is 214 g/mol. The summed E-state index contributed by atoms with van der Waals surface area (Å²) in [4.78, 5) is 2.46. The second-order valence-corrected chi connectivity index (χ2v) is 5.22. The minimum Gasteiger partial charge on any atom is -0.329 e. The lowest BCUT2D eigenvalue weighted by Gasteiger charge is -2.38. The van der Waals surface area contributed by atoms with E-state index in [1.165, 1.54) is 12.8 Å². The first-order chi connectivity index (χ1) is 6.95. The molecule has 2 N–H and O–H groups in total. The highest BCUT2D eigenvalue weighted by atomic mass is 15.2. The third-order valence-electron chi connectivity index (χ3n) is 3.77. The van der Waals surface area contributed by atoms with Gasteiger partial charge in [-0.3, -0.25) is 4.90 Å². The van der Waals surface area contributed by atoms with Crippen molar-refractivity contribution >= 4 is 0 Å². The molecule has 0 rings (SSSR count). The van der Waals surface area contributed by atoms with Gasteiger partial charge in [0.05, 0.1) is 0 Å². The van der Waals surface area contributed by atoms with Gasteiger partial charge < -0.3 is 5.73 Å². The lowest BCUT2D eigenvalue weighted by molar-refractivity contribution is 0.111. The molecule has 2 nitrogen and oxygen atoms in total. The summed E-state index contributed by atoms with van der Waals surface area (Å²) in [6, 6.07) is 1.14. The van der Waals surface area contributed by atoms with Crippen LogP contribution in [0.2, 0.25) is 0 Å². The smallest absolute Gasteiger partial charge is 0.0243 e. The molecule has 3 unspecified atom stereocenters. The summed E-state index contributed by atoms with van der Waals surface area (Å²) in [6.07, 6.45) is 2.53. The zero-order valence-corrected chi connectivity index (χ0v) is 11.5. The van der Waals surface area contributed by atoms with Gasteiger partial charge in [-0.2, -0.15) is 0 Å². The van der Waals surface area contributed by atoms with Crippen LogP contribution in [0.25, 0.3) is 0 Å². The molecule has 0 saturated carbocycles. The van der Waals surface area contributed by atoms with E-state index in [0.29, 0.717) is 23.9 Å². The van der Waals surface area contributed by atoms with E-state index in [-0.39, 0.29) is 0 Å². The van der Waals surface area contributed by atoms with Crippen molar-refractivity contribution in [3.05, 3.63) is 0 Å². The lowest BCUT2D eigenvalue weighted by Crippen LogP contribution is -2.48. The van der Waals surface area contributed by atoms with Crippen LogP contribution in [0.5, 0.6) is 0 Å². The normalized spacial score (nSPS) is 18.2. The van der Waals surface area contributed by atoms with Gasteiger partial charge in [0.25, 0.3) is 0 Å². The SMILES string of the molecule is CCCC(C)C(CN)N(C)C(C)C(C)C. The van der Waals surface area contributed by atoms with Gasteiger partial charge in [0.1, 0.15) is 0 Å². The van der Waals surface area contributed by atoms with Crippen molar-refractivity contribution in [1.82, 2.24) is 4.90 Å². The number of hydrogen-bond acceptors (Lipinski definition) is 2. The minimum absolute atomic E-state index is 0.530. The van der Waals surface area contributed by atoms with Crippen LogP contribution >= 0.6 is 0 Å². The Morgan fingerprint density at radius 2 is 1.67 bits per heavy atom. The van der Waals surface area contributed by atoms with Crippen molar-refractivity contribution in [2.75, 3.05) is 13.6 Å². The summed E-state index contributed by atoms with van der Waals surface area (Å²) in [5.41, 5.74) is 5.90. The fraction of sp³-hybridized carbons (Fsp3) is 1.00. The predicted molar refractivity (Wildman–Crippen MR) is 69.0 cm³/mol. The third kappa shape index (κ3) is 4.52. The Balaban J connectivity index is 4.38. The summed E-state index contributed by atoms with van der Waals surface area (Å²) < 4.78 is 0. The van der Waals surface area contributed by atoms with E-state index in [0.717, 1.165) is 6.54 Å². The standard InChI is InChI=1S/C13H30N2/c1-7-8-11(4)13(9-14)15(6)12(5)10(2)3/h10-13H,7-9,14H2,1-6H3. The highest BCUT2D eigenvalue weighted by Gasteiger charge is 2.24. The summed E-state index contributed by atoms with van der Waals surface area (Å²) >= 11 is 0. The Morgan fingerprint density at radius 3 is 2.00 bits per heavy atom. The van der Waals surface area contributed by atoms with Crippen LogP contribution in [-0.2, 0) is 0 Å². The van der Waals surface area contributed by atoms with Gasteiger partial charge in [0.15, 0.2) is 0 Å². The zero-order valence-electron chi connectivity index (χ0n) is 11.5. The molecule has 92 valence electrons. The molecule has 0 bridgehead atoms. The average Bonchev–Trinajstić information content (AvgIpc) is 2.17. The van der Waals surface area contributed by atoms with Crippen molar-refractivity contribution in [1.29, 1.82) is 0 Å². The van der Waals surface area contributed by atoms with E-state index in [1.54, 1.807) is 0 Å². The minimum atomic E-state index is 0.530. The lowest BCUT2D eigenvalue weighted by atomic mass is 9.93. The molecule has 0 aromatic carbocycles. The Bertz CT molecular complexity index is 157. The number of likely N-dealkylation sites (N-methyl/N-ethyl adjacent to an activating group) is 1. The van der Waals surface area contributed by atoms with Gasteiger partial charge in [-0.15, -0.1) is 0 Å². The predicted octanol–water partition coefficient (Wildman–Crippen LogP) is 2.73. The van der Waals surface area contributed by atoms with Crippen LogP contribution in [0.15, 0.2) is 0 Å². The number of hydrogen-bond donors (Lipinski definition) is 1. The van der Waals surface area contributed by atoms with Crippen LogP contribution in [0.4, 0.5) is 0 Å². The zero-order chi connectivity index (χ0) is 12.0. The van der Waals surface area contributed by atoms with Gasteiger partial charge in [-0.25, -0.2) is 0 Å². The largest absolute Gasteiger partial charge is 0.329 e. The molecule has 0 spiro atoms. The second-order valence-electron chi connectivity index (χ2n) is 5.22. The monoisotopic (exact) mass is 214 g/mol. The molecule has 0 aromatic heterocycles. The molecule has 0 radical (unpaired) electrons. The molecule has 0 amide bonds. The molecular formula is C13H30N2. The highest BCUT2D eigenvalue weighted by molar-refractivity contribution is 4.80. The number of nitrogens with zero attached hydrogens (tertiary/aromatic N) is 1. The Morgan fingerprint density at radius 1 is 1.13 bits per heavy atom. The van der Waals surface area contributed by atoms with Crippen molar-refractivity contribution in [2.24, 2.45) is 17.6 Å². The second kappa shape index (κ2) is 7.24. The molecule has 0 fully saturated rings. The highest BCUT2D eigenvalue weighted by Crippen LogP contribution is 2.19. The van der Waals surface area contributed by atoms with E-state index >= 15 is 0 Å². The summed E-state index contributed by atoms with van der Waals surface area (Å²) in [7, 11) is 2.22. The molecule has 3 atom stereocenters. The van der Waals surface area contributed by atoms with Crippen LogP contribution in [0.3, 0.4) is 0 Å². The summed E-state index contributed by atoms with van der Waals surface area (Å²) in [6.45, 7) is 12.2. The maximum absolute atomic E-state index is 5.90. The van der Waals surface area contributed by atoms with Crippen LogP contribution in [0, 0.1) is 11.8 Å². The van der Waals surface area contributed by atoms with Crippen molar-refractivity contribution in [3.63, 3.8) is 0 Å². The first-order valence-corrected chi connectivity index (χ1v) is 6.37. The molecule has 15 heavy (non-hydrogen) atoms. The number of nitrogens with two attached hydrogens (primary N) is 1. The maximum atomic E-state index is 5.90. The Kier molecular flexibility index (Phi) is 7.20. The van der Waals surface area contributed by atoms with E-state index in [2.05, 4.69) is 46.6 Å². The summed E-state index contributed by atoms with van der Waals surface area (Å²) in [5, 5.41) is 0. The van der Waals surface area contributed by atoms with E-state index < -0.39 is 0 Å². The van der Waals surface area contributed by atoms with Gasteiger partial charge in [0, 0.05) is 18.6 Å². The van der Waals surface area contributed by atoms with Crippen LogP contribution < -0.4 is 5.73 Å². The fourth-order valence-corrected chi connectivity index (χ4v) is 2.22. The van der Waals surface area contributed by atoms with Crippen LogP contribution in [-0.4, -0.2) is 30.6 Å². The molecular weight excluding hydrogens is 184 g/mol. The maximum Gasteiger partial charge on any atom is 0.0243 e. The Hall–Kier alpha value is -0.0800. The quantitative estimate of drug-likeness (QED) is 0.706. The van der Waals surface area contributed by atoms with Gasteiger partial charge >= 0.3 is 0 Å². The first kappa shape index (κ1) is 14.9. The number of rotatable bonds is 7. The van der Waals surface area contributed by atoms with Crippen LogP contribution in [0.1, 0.15) is 47.5 Å². The van der Waals surface area contributed by atoms with Gasteiger partial charge in [-0.05, 0) is 32.2 Å². The fourth-order valence-electron chi connectivity index (χ4n) is 2.22. The Labute approximate surface area is 96.2 Å². The van der Waals surface area contributed by atoms with Crippen molar-refractivity contribution in [2.45, 2.75) is 59.5 Å². The molecule has 0 saturated heterocycles. The van der Waals surface area contributed by atoms with E-state index in [1.807, 2.05) is 0 Å². The van der Waals surface area contributed by atoms with Gasteiger partial charge in [0.2, 0.25) is 0 Å². The molecule has 0 aliphatic heterocycles. The molecule has 0 aliphatic carbocycles. The third-order valence-corrected chi connectivity index (χ3v) is 3.77. The molecule has 0 aliphatic rings. The van der Waals surface area contributed by atoms with Crippen molar-refractivity contribution in [3.8, 4) is 0 Å². The van der Waals surface area contributed by atoms with Gasteiger partial charge in [-0.1, -0.05) is 34.1 Å². The van der Waals surface area contributed by atoms with E-state index in [4.69, 9.17) is 5.73 Å². The van der Waals surface area contributed by atoms with E-state index in [9.17, 15) is 0 Å². The summed E-state index contributed by atoms with van der Waals surface area (Å²) in [5.74, 6) is 1.39.